The molecule has 8 nitrogen and oxygen atoms in total. The lowest BCUT2D eigenvalue weighted by Gasteiger charge is -2.37. The summed E-state index contributed by atoms with van der Waals surface area (Å²) in [5, 5.41) is 7.25. The highest BCUT2D eigenvalue weighted by Gasteiger charge is 2.28. The summed E-state index contributed by atoms with van der Waals surface area (Å²) in [6.07, 6.45) is 5.00. The van der Waals surface area contributed by atoms with Crippen LogP contribution >= 0.6 is 0 Å². The van der Waals surface area contributed by atoms with Crippen molar-refractivity contribution in [3.8, 4) is 0 Å². The number of piperazine rings is 1. The van der Waals surface area contributed by atoms with Gasteiger partial charge in [0.15, 0.2) is 5.82 Å². The van der Waals surface area contributed by atoms with Crippen molar-refractivity contribution in [1.29, 1.82) is 0 Å². The van der Waals surface area contributed by atoms with E-state index in [1.807, 2.05) is 4.90 Å². The number of likely N-dealkylation sites (tertiary alicyclic amines) is 1. The van der Waals surface area contributed by atoms with Gasteiger partial charge in [-0.3, -0.25) is 9.69 Å². The second kappa shape index (κ2) is 8.02. The van der Waals surface area contributed by atoms with Crippen molar-refractivity contribution >= 4 is 5.91 Å². The first kappa shape index (κ1) is 17.9. The van der Waals surface area contributed by atoms with Gasteiger partial charge in [-0.1, -0.05) is 5.16 Å². The van der Waals surface area contributed by atoms with Crippen LogP contribution in [0.2, 0.25) is 0 Å². The van der Waals surface area contributed by atoms with E-state index >= 15 is 0 Å². The van der Waals surface area contributed by atoms with E-state index in [1.165, 1.54) is 38.8 Å². The van der Waals surface area contributed by atoms with Crippen molar-refractivity contribution in [2.75, 3.05) is 52.9 Å². The number of carbonyl (C=O) groups is 1. The fourth-order valence-electron chi connectivity index (χ4n) is 3.81. The van der Waals surface area contributed by atoms with Crippen LogP contribution in [0.4, 0.5) is 0 Å². The van der Waals surface area contributed by atoms with Crippen LogP contribution in [0.5, 0.6) is 0 Å². The molecule has 1 aromatic rings. The molecule has 1 saturated carbocycles. The highest BCUT2D eigenvalue weighted by molar-refractivity contribution is 5.89. The monoisotopic (exact) mass is 362 g/mol. The van der Waals surface area contributed by atoms with Gasteiger partial charge in [0.2, 0.25) is 0 Å². The predicted molar refractivity (Wildman–Crippen MR) is 96.7 cm³/mol. The molecule has 26 heavy (non-hydrogen) atoms. The zero-order chi connectivity index (χ0) is 17.9. The second-order valence-electron chi connectivity index (χ2n) is 8.01. The Morgan fingerprint density at radius 1 is 1.12 bits per heavy atom. The molecule has 1 amide bonds. The van der Waals surface area contributed by atoms with Crippen LogP contribution in [0.15, 0.2) is 4.52 Å². The van der Waals surface area contributed by atoms with Gasteiger partial charge < -0.3 is 19.6 Å². The molecule has 3 heterocycles. The summed E-state index contributed by atoms with van der Waals surface area (Å²) >= 11 is 0. The van der Waals surface area contributed by atoms with Crippen molar-refractivity contribution in [3.05, 3.63) is 11.7 Å². The zero-order valence-corrected chi connectivity index (χ0v) is 15.7. The molecule has 2 saturated heterocycles. The van der Waals surface area contributed by atoms with Crippen molar-refractivity contribution in [2.24, 2.45) is 5.92 Å². The number of nitrogens with zero attached hydrogens (tertiary/aromatic N) is 5. The topological polar surface area (TPSA) is 77.7 Å². The average Bonchev–Trinajstić information content (AvgIpc) is 3.38. The number of aromatic nitrogens is 2. The lowest BCUT2D eigenvalue weighted by molar-refractivity contribution is 0.0549. The SMILES string of the molecule is CN1CCC(CN2CCN(C(=O)c3nc(CNC4CC4)no3)CC2)CC1. The first-order valence-corrected chi connectivity index (χ1v) is 9.93. The molecule has 0 unspecified atom stereocenters. The highest BCUT2D eigenvalue weighted by Crippen LogP contribution is 2.20. The van der Waals surface area contributed by atoms with Crippen LogP contribution in [0.1, 0.15) is 42.2 Å². The molecule has 1 aliphatic carbocycles. The van der Waals surface area contributed by atoms with Gasteiger partial charge in [0.1, 0.15) is 0 Å². The third-order valence-corrected chi connectivity index (χ3v) is 5.79. The van der Waals surface area contributed by atoms with Crippen LogP contribution in [-0.4, -0.2) is 89.7 Å². The highest BCUT2D eigenvalue weighted by atomic mass is 16.5. The van der Waals surface area contributed by atoms with E-state index in [-0.39, 0.29) is 11.8 Å². The molecular formula is C18H30N6O2. The van der Waals surface area contributed by atoms with Crippen LogP contribution in [-0.2, 0) is 6.54 Å². The van der Waals surface area contributed by atoms with E-state index in [4.69, 9.17) is 4.52 Å². The molecular weight excluding hydrogens is 332 g/mol. The van der Waals surface area contributed by atoms with Gasteiger partial charge in [-0.25, -0.2) is 0 Å². The average molecular weight is 362 g/mol. The van der Waals surface area contributed by atoms with Crippen LogP contribution in [0, 0.1) is 5.92 Å². The smallest absolute Gasteiger partial charge is 0.316 e. The molecule has 144 valence electrons. The molecule has 3 fully saturated rings. The fraction of sp³-hybridized carbons (Fsp3) is 0.833. The van der Waals surface area contributed by atoms with Gasteiger partial charge in [-0.05, 0) is 51.7 Å². The van der Waals surface area contributed by atoms with Gasteiger partial charge in [-0.2, -0.15) is 4.98 Å². The molecule has 0 spiro atoms. The summed E-state index contributed by atoms with van der Waals surface area (Å²) in [6.45, 7) is 7.49. The molecule has 0 atom stereocenters. The van der Waals surface area contributed by atoms with E-state index in [0.717, 1.165) is 38.6 Å². The maximum atomic E-state index is 12.6. The van der Waals surface area contributed by atoms with Crippen LogP contribution in [0.25, 0.3) is 0 Å². The largest absolute Gasteiger partial charge is 0.332 e. The minimum Gasteiger partial charge on any atom is -0.332 e. The molecule has 8 heteroatoms. The number of piperidine rings is 1. The van der Waals surface area contributed by atoms with E-state index in [9.17, 15) is 4.79 Å². The van der Waals surface area contributed by atoms with Crippen molar-refractivity contribution in [2.45, 2.75) is 38.3 Å². The quantitative estimate of drug-likeness (QED) is 0.786. The Labute approximate surface area is 154 Å². The summed E-state index contributed by atoms with van der Waals surface area (Å²) in [5.74, 6) is 1.36. The summed E-state index contributed by atoms with van der Waals surface area (Å²) in [6, 6.07) is 0.588. The van der Waals surface area contributed by atoms with E-state index in [1.54, 1.807) is 0 Å². The third-order valence-electron chi connectivity index (χ3n) is 5.79. The molecule has 2 aliphatic heterocycles. The summed E-state index contributed by atoms with van der Waals surface area (Å²) in [5.41, 5.74) is 0. The normalized spacial score (nSPS) is 23.5. The first-order chi connectivity index (χ1) is 12.7. The number of hydrogen-bond acceptors (Lipinski definition) is 7. The molecule has 0 bridgehead atoms. The van der Waals surface area contributed by atoms with Crippen LogP contribution in [0.3, 0.4) is 0 Å². The molecule has 0 aromatic carbocycles. The Kier molecular flexibility index (Phi) is 5.52. The number of hydrogen-bond donors (Lipinski definition) is 1. The summed E-state index contributed by atoms with van der Waals surface area (Å²) in [7, 11) is 2.20. The Hall–Kier alpha value is -1.51. The molecule has 4 rings (SSSR count). The number of amides is 1. The summed E-state index contributed by atoms with van der Waals surface area (Å²) < 4.78 is 5.18. The number of rotatable bonds is 6. The Morgan fingerprint density at radius 3 is 2.54 bits per heavy atom. The lowest BCUT2D eigenvalue weighted by atomic mass is 9.96. The van der Waals surface area contributed by atoms with Crippen molar-refractivity contribution in [3.63, 3.8) is 0 Å². The molecule has 3 aliphatic rings. The van der Waals surface area contributed by atoms with E-state index in [2.05, 4.69) is 32.3 Å². The van der Waals surface area contributed by atoms with Gasteiger partial charge in [-0.15, -0.1) is 0 Å². The van der Waals surface area contributed by atoms with Gasteiger partial charge in [0.05, 0.1) is 6.54 Å². The fourth-order valence-corrected chi connectivity index (χ4v) is 3.81. The minimum absolute atomic E-state index is 0.126. The summed E-state index contributed by atoms with van der Waals surface area (Å²) in [4.78, 5) is 23.6. The van der Waals surface area contributed by atoms with E-state index < -0.39 is 0 Å². The maximum absolute atomic E-state index is 12.6. The third kappa shape index (κ3) is 4.61. The van der Waals surface area contributed by atoms with E-state index in [0.29, 0.717) is 18.4 Å². The van der Waals surface area contributed by atoms with Gasteiger partial charge >= 0.3 is 11.8 Å². The Morgan fingerprint density at radius 2 is 1.85 bits per heavy atom. The maximum Gasteiger partial charge on any atom is 0.316 e. The minimum atomic E-state index is -0.130. The first-order valence-electron chi connectivity index (χ1n) is 9.93. The number of carbonyl (C=O) groups excluding carboxylic acids is 1. The Balaban J connectivity index is 1.21. The second-order valence-corrected chi connectivity index (χ2v) is 8.01. The molecule has 0 radical (unpaired) electrons. The standard InChI is InChI=1S/C18H30N6O2/c1-22-6-4-14(5-7-22)13-23-8-10-24(11-9-23)18(25)17-20-16(21-26-17)12-19-15-2-3-15/h14-15,19H,2-13H2,1H3. The van der Waals surface area contributed by atoms with Crippen LogP contribution < -0.4 is 5.32 Å². The Bertz CT molecular complexity index is 601. The zero-order valence-electron chi connectivity index (χ0n) is 15.7. The van der Waals surface area contributed by atoms with Crippen molar-refractivity contribution in [1.82, 2.24) is 30.2 Å². The molecule has 1 N–H and O–H groups in total. The van der Waals surface area contributed by atoms with Gasteiger partial charge in [0.25, 0.3) is 0 Å². The lowest BCUT2D eigenvalue weighted by Crippen LogP contribution is -2.50. The van der Waals surface area contributed by atoms with Crippen molar-refractivity contribution < 1.29 is 9.32 Å². The van der Waals surface area contributed by atoms with Gasteiger partial charge in [0, 0.05) is 38.8 Å². The predicted octanol–water partition coefficient (Wildman–Crippen LogP) is 0.421. The number of nitrogens with one attached hydrogen (secondary N) is 1. The molecule has 1 aromatic heterocycles.